The maximum atomic E-state index is 11.0. The molecule has 0 spiro atoms. The Labute approximate surface area is 92.9 Å². The van der Waals surface area contributed by atoms with Crippen molar-refractivity contribution in [1.29, 1.82) is 5.26 Å². The summed E-state index contributed by atoms with van der Waals surface area (Å²) in [6.45, 7) is 0.679. The first-order valence-electron chi connectivity index (χ1n) is 5.09. The molecule has 16 heavy (non-hydrogen) atoms. The Morgan fingerprint density at radius 3 is 3.12 bits per heavy atom. The molecule has 1 aliphatic rings. The Morgan fingerprint density at radius 2 is 2.44 bits per heavy atom. The van der Waals surface area contributed by atoms with Gasteiger partial charge in [0.1, 0.15) is 23.6 Å². The molecule has 0 saturated carbocycles. The Bertz CT molecular complexity index is 453. The van der Waals surface area contributed by atoms with Crippen LogP contribution in [0.1, 0.15) is 18.5 Å². The van der Waals surface area contributed by atoms with Crippen molar-refractivity contribution in [3.8, 4) is 6.07 Å². The van der Waals surface area contributed by atoms with Crippen LogP contribution in [-0.4, -0.2) is 28.6 Å². The molecule has 2 heterocycles. The number of nitrogens with zero attached hydrogens (tertiary/aromatic N) is 3. The van der Waals surface area contributed by atoms with Gasteiger partial charge in [0.2, 0.25) is 0 Å². The van der Waals surface area contributed by atoms with Crippen molar-refractivity contribution >= 4 is 11.8 Å². The molecule has 1 saturated heterocycles. The van der Waals surface area contributed by atoms with E-state index in [2.05, 4.69) is 4.98 Å². The number of carboxylic acid groups (broad SMARTS) is 1. The third kappa shape index (κ3) is 1.82. The fourth-order valence-corrected chi connectivity index (χ4v) is 1.94. The molecular weight excluding hydrogens is 206 g/mol. The first kappa shape index (κ1) is 10.4. The number of anilines is 1. The average Bonchev–Trinajstić information content (AvgIpc) is 2.78. The molecule has 1 aromatic rings. The van der Waals surface area contributed by atoms with Gasteiger partial charge in [-0.3, -0.25) is 0 Å². The minimum Gasteiger partial charge on any atom is -0.480 e. The molecule has 0 amide bonds. The number of carbonyl (C=O) groups is 1. The maximum Gasteiger partial charge on any atom is 0.326 e. The monoisotopic (exact) mass is 217 g/mol. The second kappa shape index (κ2) is 4.19. The molecule has 0 bridgehead atoms. The van der Waals surface area contributed by atoms with Crippen LogP contribution in [0.2, 0.25) is 0 Å². The molecule has 0 aromatic carbocycles. The van der Waals surface area contributed by atoms with E-state index < -0.39 is 12.0 Å². The molecule has 1 aromatic heterocycles. The van der Waals surface area contributed by atoms with Gasteiger partial charge in [0.05, 0.1) is 0 Å². The predicted octanol–water partition coefficient (Wildman–Crippen LogP) is 1.01. The van der Waals surface area contributed by atoms with Crippen LogP contribution in [0.5, 0.6) is 0 Å². The molecular formula is C11H11N3O2. The fraction of sp³-hybridized carbons (Fsp3) is 0.364. The van der Waals surface area contributed by atoms with Crippen LogP contribution in [0.25, 0.3) is 0 Å². The van der Waals surface area contributed by atoms with Gasteiger partial charge in [-0.1, -0.05) is 6.07 Å². The van der Waals surface area contributed by atoms with E-state index in [0.29, 0.717) is 24.5 Å². The Kier molecular flexibility index (Phi) is 2.73. The second-order valence-electron chi connectivity index (χ2n) is 3.68. The second-order valence-corrected chi connectivity index (χ2v) is 3.68. The molecule has 2 rings (SSSR count). The lowest BCUT2D eigenvalue weighted by Crippen LogP contribution is -2.36. The summed E-state index contributed by atoms with van der Waals surface area (Å²) in [5, 5.41) is 17.8. The lowest BCUT2D eigenvalue weighted by atomic mass is 10.2. The molecule has 1 N–H and O–H groups in total. The number of hydrogen-bond acceptors (Lipinski definition) is 4. The SMILES string of the molecule is N#Cc1cccc(N2CCC[C@H]2C(=O)O)n1. The quantitative estimate of drug-likeness (QED) is 0.799. The molecule has 1 aliphatic heterocycles. The van der Waals surface area contributed by atoms with E-state index in [1.54, 1.807) is 23.1 Å². The van der Waals surface area contributed by atoms with E-state index in [1.165, 1.54) is 0 Å². The molecule has 82 valence electrons. The standard InChI is InChI=1S/C11H11N3O2/c12-7-8-3-1-5-10(13-8)14-6-2-4-9(14)11(15)16/h1,3,5,9H,2,4,6H2,(H,15,16)/t9-/m0/s1. The van der Waals surface area contributed by atoms with Gasteiger partial charge in [-0.05, 0) is 25.0 Å². The number of pyridine rings is 1. The van der Waals surface area contributed by atoms with Gasteiger partial charge in [-0.2, -0.15) is 5.26 Å². The third-order valence-electron chi connectivity index (χ3n) is 2.68. The molecule has 1 fully saturated rings. The zero-order valence-corrected chi connectivity index (χ0v) is 8.63. The number of aliphatic carboxylic acids is 1. The van der Waals surface area contributed by atoms with Crippen LogP contribution in [0, 0.1) is 11.3 Å². The molecule has 5 heteroatoms. The summed E-state index contributed by atoms with van der Waals surface area (Å²) in [7, 11) is 0. The summed E-state index contributed by atoms with van der Waals surface area (Å²) < 4.78 is 0. The lowest BCUT2D eigenvalue weighted by Gasteiger charge is -2.22. The van der Waals surface area contributed by atoms with Crippen LogP contribution in [0.4, 0.5) is 5.82 Å². The van der Waals surface area contributed by atoms with Crippen LogP contribution in [0.3, 0.4) is 0 Å². The highest BCUT2D eigenvalue weighted by Crippen LogP contribution is 2.23. The van der Waals surface area contributed by atoms with E-state index in [1.807, 2.05) is 6.07 Å². The fourth-order valence-electron chi connectivity index (χ4n) is 1.94. The smallest absolute Gasteiger partial charge is 0.326 e. The van der Waals surface area contributed by atoms with Gasteiger partial charge in [-0.15, -0.1) is 0 Å². The third-order valence-corrected chi connectivity index (χ3v) is 2.68. The minimum atomic E-state index is -0.832. The van der Waals surface area contributed by atoms with Crippen LogP contribution >= 0.6 is 0 Å². The van der Waals surface area contributed by atoms with Crippen LogP contribution in [0.15, 0.2) is 18.2 Å². The van der Waals surface area contributed by atoms with Crippen molar-refractivity contribution < 1.29 is 9.90 Å². The van der Waals surface area contributed by atoms with Crippen molar-refractivity contribution in [3.05, 3.63) is 23.9 Å². The molecule has 1 atom stereocenters. The molecule has 5 nitrogen and oxygen atoms in total. The van der Waals surface area contributed by atoms with Crippen molar-refractivity contribution in [2.75, 3.05) is 11.4 Å². The summed E-state index contributed by atoms with van der Waals surface area (Å²) in [6.07, 6.45) is 1.48. The van der Waals surface area contributed by atoms with E-state index in [9.17, 15) is 4.79 Å². The van der Waals surface area contributed by atoms with E-state index in [0.717, 1.165) is 6.42 Å². The highest BCUT2D eigenvalue weighted by Gasteiger charge is 2.31. The summed E-state index contributed by atoms with van der Waals surface area (Å²) >= 11 is 0. The first-order valence-corrected chi connectivity index (χ1v) is 5.09. The van der Waals surface area contributed by atoms with Gasteiger partial charge < -0.3 is 10.0 Å². The van der Waals surface area contributed by atoms with E-state index >= 15 is 0 Å². The number of aromatic nitrogens is 1. The van der Waals surface area contributed by atoms with Gasteiger partial charge >= 0.3 is 5.97 Å². The topological polar surface area (TPSA) is 77.2 Å². The average molecular weight is 217 g/mol. The van der Waals surface area contributed by atoms with Crippen molar-refractivity contribution in [2.24, 2.45) is 0 Å². The zero-order valence-electron chi connectivity index (χ0n) is 8.63. The van der Waals surface area contributed by atoms with Crippen LogP contribution in [-0.2, 0) is 4.79 Å². The largest absolute Gasteiger partial charge is 0.480 e. The number of carboxylic acids is 1. The summed E-state index contributed by atoms with van der Waals surface area (Å²) in [6, 6.07) is 6.50. The number of rotatable bonds is 2. The molecule has 0 radical (unpaired) electrons. The summed E-state index contributed by atoms with van der Waals surface area (Å²) in [5.41, 5.74) is 0.313. The van der Waals surface area contributed by atoms with Crippen molar-refractivity contribution in [1.82, 2.24) is 4.98 Å². The summed E-state index contributed by atoms with van der Waals surface area (Å²) in [4.78, 5) is 16.9. The summed E-state index contributed by atoms with van der Waals surface area (Å²) in [5.74, 6) is -0.259. The zero-order chi connectivity index (χ0) is 11.5. The van der Waals surface area contributed by atoms with Gasteiger partial charge in [0, 0.05) is 6.54 Å². The van der Waals surface area contributed by atoms with Gasteiger partial charge in [0.15, 0.2) is 0 Å². The molecule has 0 unspecified atom stereocenters. The highest BCUT2D eigenvalue weighted by atomic mass is 16.4. The maximum absolute atomic E-state index is 11.0. The van der Waals surface area contributed by atoms with Crippen LogP contribution < -0.4 is 4.90 Å². The van der Waals surface area contributed by atoms with Crippen molar-refractivity contribution in [3.63, 3.8) is 0 Å². The van der Waals surface area contributed by atoms with Crippen molar-refractivity contribution in [2.45, 2.75) is 18.9 Å². The normalized spacial score (nSPS) is 19.4. The predicted molar refractivity (Wildman–Crippen MR) is 57.0 cm³/mol. The van der Waals surface area contributed by atoms with Gasteiger partial charge in [-0.25, -0.2) is 9.78 Å². The highest BCUT2D eigenvalue weighted by molar-refractivity contribution is 5.78. The first-order chi connectivity index (χ1) is 7.72. The van der Waals surface area contributed by atoms with Gasteiger partial charge in [0.25, 0.3) is 0 Å². The Balaban J connectivity index is 2.29. The van der Waals surface area contributed by atoms with E-state index in [-0.39, 0.29) is 0 Å². The Morgan fingerprint density at radius 1 is 1.62 bits per heavy atom. The van der Waals surface area contributed by atoms with E-state index in [4.69, 9.17) is 10.4 Å². The Hall–Kier alpha value is -2.09. The number of nitriles is 1. The molecule has 0 aliphatic carbocycles. The number of hydrogen-bond donors (Lipinski definition) is 1. The lowest BCUT2D eigenvalue weighted by molar-refractivity contribution is -0.138. The minimum absolute atomic E-state index is 0.313.